The third-order valence-corrected chi connectivity index (χ3v) is 6.48. The molecule has 1 aliphatic rings. The summed E-state index contributed by atoms with van der Waals surface area (Å²) in [5.74, 6) is -0.427. The van der Waals surface area contributed by atoms with Gasteiger partial charge in [0.2, 0.25) is 0 Å². The van der Waals surface area contributed by atoms with Crippen LogP contribution in [0.1, 0.15) is 129 Å². The molecule has 0 spiro atoms. The second kappa shape index (κ2) is 19.4. The molecule has 1 aliphatic carbocycles. The number of carbonyl (C=O) groups is 2. The minimum absolute atomic E-state index is 0.00212. The predicted molar refractivity (Wildman–Crippen MR) is 128 cm³/mol. The largest absolute Gasteiger partial charge is 0.463 e. The van der Waals surface area contributed by atoms with E-state index in [0.717, 1.165) is 38.5 Å². The van der Waals surface area contributed by atoms with E-state index in [9.17, 15) is 9.59 Å². The summed E-state index contributed by atoms with van der Waals surface area (Å²) in [6, 6.07) is 0. The first-order valence-corrected chi connectivity index (χ1v) is 13.2. The molecular formula is C27H48O4. The van der Waals surface area contributed by atoms with Gasteiger partial charge >= 0.3 is 11.9 Å². The minimum Gasteiger partial charge on any atom is -0.463 e. The number of rotatable bonds is 18. The Labute approximate surface area is 191 Å². The van der Waals surface area contributed by atoms with Crippen LogP contribution in [0.3, 0.4) is 0 Å². The van der Waals surface area contributed by atoms with Crippen LogP contribution in [0.25, 0.3) is 0 Å². The number of hydrogen-bond donors (Lipinski definition) is 0. The van der Waals surface area contributed by atoms with Crippen molar-refractivity contribution in [3.63, 3.8) is 0 Å². The van der Waals surface area contributed by atoms with Gasteiger partial charge in [-0.05, 0) is 38.0 Å². The minimum atomic E-state index is -0.452. The second-order valence-corrected chi connectivity index (χ2v) is 9.17. The van der Waals surface area contributed by atoms with Gasteiger partial charge in [-0.25, -0.2) is 9.59 Å². The van der Waals surface area contributed by atoms with Crippen molar-refractivity contribution in [2.75, 3.05) is 6.61 Å². The second-order valence-electron chi connectivity index (χ2n) is 9.17. The van der Waals surface area contributed by atoms with E-state index >= 15 is 0 Å². The maximum Gasteiger partial charge on any atom is 0.331 e. The van der Waals surface area contributed by atoms with Crippen LogP contribution in [0.2, 0.25) is 0 Å². The van der Waals surface area contributed by atoms with Crippen molar-refractivity contribution >= 4 is 11.9 Å². The molecular weight excluding hydrogens is 388 g/mol. The first kappa shape index (κ1) is 27.7. The highest BCUT2D eigenvalue weighted by Gasteiger charge is 2.26. The number of hydrogen-bond acceptors (Lipinski definition) is 4. The molecule has 0 saturated heterocycles. The van der Waals surface area contributed by atoms with Crippen LogP contribution in [0.15, 0.2) is 12.2 Å². The zero-order valence-corrected chi connectivity index (χ0v) is 20.4. The van der Waals surface area contributed by atoms with Gasteiger partial charge in [0.05, 0.1) is 6.61 Å². The van der Waals surface area contributed by atoms with Crippen molar-refractivity contribution in [3.8, 4) is 0 Å². The number of unbranched alkanes of at least 4 members (excludes halogenated alkanes) is 12. The SMILES string of the molecule is CCCCCCCCCCCCCCCOC(=O)/C=C/C(=O)OC1CCCCC1CC. The van der Waals surface area contributed by atoms with Crippen LogP contribution in [0.4, 0.5) is 0 Å². The van der Waals surface area contributed by atoms with E-state index in [1.165, 1.54) is 89.2 Å². The Morgan fingerprint density at radius 1 is 0.710 bits per heavy atom. The normalized spacial score (nSPS) is 18.9. The summed E-state index contributed by atoms with van der Waals surface area (Å²) in [7, 11) is 0. The Morgan fingerprint density at radius 3 is 1.81 bits per heavy atom. The van der Waals surface area contributed by atoms with Gasteiger partial charge in [0, 0.05) is 12.2 Å². The highest BCUT2D eigenvalue weighted by atomic mass is 16.5. The van der Waals surface area contributed by atoms with E-state index in [-0.39, 0.29) is 6.10 Å². The maximum absolute atomic E-state index is 12.0. The van der Waals surface area contributed by atoms with Crippen LogP contribution >= 0.6 is 0 Å². The summed E-state index contributed by atoms with van der Waals surface area (Å²) in [6.45, 7) is 4.83. The smallest absolute Gasteiger partial charge is 0.331 e. The van der Waals surface area contributed by atoms with Crippen LogP contribution in [0.5, 0.6) is 0 Å². The molecule has 0 aromatic rings. The van der Waals surface area contributed by atoms with Gasteiger partial charge in [-0.1, -0.05) is 97.3 Å². The fourth-order valence-electron chi connectivity index (χ4n) is 4.46. The fraction of sp³-hybridized carbons (Fsp3) is 0.852. The zero-order valence-electron chi connectivity index (χ0n) is 20.4. The molecule has 0 aliphatic heterocycles. The molecule has 180 valence electrons. The predicted octanol–water partition coefficient (Wildman–Crippen LogP) is 7.69. The van der Waals surface area contributed by atoms with Crippen molar-refractivity contribution in [1.29, 1.82) is 0 Å². The number of ether oxygens (including phenoxy) is 2. The average Bonchev–Trinajstić information content (AvgIpc) is 2.78. The molecule has 1 fully saturated rings. The first-order valence-electron chi connectivity index (χ1n) is 13.2. The van der Waals surface area contributed by atoms with Gasteiger partial charge < -0.3 is 9.47 Å². The summed E-state index contributed by atoms with van der Waals surface area (Å²) in [5, 5.41) is 0. The van der Waals surface area contributed by atoms with E-state index in [0.29, 0.717) is 12.5 Å². The Kier molecular flexibility index (Phi) is 17.3. The fourth-order valence-corrected chi connectivity index (χ4v) is 4.46. The molecule has 0 amide bonds. The van der Waals surface area contributed by atoms with E-state index in [2.05, 4.69) is 13.8 Å². The molecule has 4 heteroatoms. The molecule has 2 atom stereocenters. The van der Waals surface area contributed by atoms with Crippen molar-refractivity contribution < 1.29 is 19.1 Å². The highest BCUT2D eigenvalue weighted by molar-refractivity contribution is 5.91. The molecule has 0 aromatic carbocycles. The summed E-state index contributed by atoms with van der Waals surface area (Å²) in [6.07, 6.45) is 24.6. The summed E-state index contributed by atoms with van der Waals surface area (Å²) in [5.41, 5.74) is 0. The zero-order chi connectivity index (χ0) is 22.6. The Balaban J connectivity index is 1.93. The average molecular weight is 437 g/mol. The lowest BCUT2D eigenvalue weighted by Gasteiger charge is -2.29. The molecule has 0 aromatic heterocycles. The van der Waals surface area contributed by atoms with Crippen LogP contribution in [0, 0.1) is 5.92 Å². The molecule has 0 N–H and O–H groups in total. The maximum atomic E-state index is 12.0. The monoisotopic (exact) mass is 436 g/mol. The summed E-state index contributed by atoms with van der Waals surface area (Å²) in [4.78, 5) is 23.7. The van der Waals surface area contributed by atoms with Gasteiger partial charge in [0.15, 0.2) is 0 Å². The highest BCUT2D eigenvalue weighted by Crippen LogP contribution is 2.29. The van der Waals surface area contributed by atoms with Gasteiger partial charge in [0.1, 0.15) is 6.10 Å². The van der Waals surface area contributed by atoms with Gasteiger partial charge in [-0.3, -0.25) is 0 Å². The molecule has 1 saturated carbocycles. The number of esters is 2. The van der Waals surface area contributed by atoms with Crippen molar-refractivity contribution in [1.82, 2.24) is 0 Å². The molecule has 31 heavy (non-hydrogen) atoms. The third-order valence-electron chi connectivity index (χ3n) is 6.48. The molecule has 2 unspecified atom stereocenters. The van der Waals surface area contributed by atoms with E-state index in [1.807, 2.05) is 0 Å². The molecule has 0 heterocycles. The van der Waals surface area contributed by atoms with Crippen LogP contribution in [-0.4, -0.2) is 24.6 Å². The summed E-state index contributed by atoms with van der Waals surface area (Å²) >= 11 is 0. The first-order chi connectivity index (χ1) is 15.2. The van der Waals surface area contributed by atoms with Crippen molar-refractivity contribution in [2.45, 2.75) is 136 Å². The van der Waals surface area contributed by atoms with Gasteiger partial charge in [-0.2, -0.15) is 0 Å². The summed E-state index contributed by atoms with van der Waals surface area (Å²) < 4.78 is 10.7. The van der Waals surface area contributed by atoms with Crippen LogP contribution in [-0.2, 0) is 19.1 Å². The van der Waals surface area contributed by atoms with Crippen LogP contribution < -0.4 is 0 Å². The van der Waals surface area contributed by atoms with Gasteiger partial charge in [0.25, 0.3) is 0 Å². The van der Waals surface area contributed by atoms with E-state index in [1.54, 1.807) is 0 Å². The molecule has 0 radical (unpaired) electrons. The number of carbonyl (C=O) groups excluding carboxylic acids is 2. The standard InChI is InChI=1S/C27H48O4/c1-3-5-6-7-8-9-10-11-12-13-14-15-18-23-30-26(28)21-22-27(29)31-25-20-17-16-19-24(25)4-2/h21-22,24-25H,3-20,23H2,1-2H3/b22-21+. The quantitative estimate of drug-likeness (QED) is 0.125. The lowest BCUT2D eigenvalue weighted by atomic mass is 9.85. The van der Waals surface area contributed by atoms with Crippen molar-refractivity contribution in [2.24, 2.45) is 5.92 Å². The van der Waals surface area contributed by atoms with Gasteiger partial charge in [-0.15, -0.1) is 0 Å². The molecule has 0 bridgehead atoms. The lowest BCUT2D eigenvalue weighted by molar-refractivity contribution is -0.148. The molecule has 1 rings (SSSR count). The lowest BCUT2D eigenvalue weighted by Crippen LogP contribution is -2.29. The van der Waals surface area contributed by atoms with Crippen molar-refractivity contribution in [3.05, 3.63) is 12.2 Å². The topological polar surface area (TPSA) is 52.6 Å². The van der Waals surface area contributed by atoms with E-state index in [4.69, 9.17) is 9.47 Å². The molecule has 4 nitrogen and oxygen atoms in total. The Morgan fingerprint density at radius 2 is 1.23 bits per heavy atom. The Hall–Kier alpha value is -1.32. The third kappa shape index (κ3) is 15.2. The van der Waals surface area contributed by atoms with E-state index < -0.39 is 11.9 Å². The Bertz CT molecular complexity index is 486.